The molecule has 3 heteroatoms. The fourth-order valence-corrected chi connectivity index (χ4v) is 0.642. The molecule has 0 saturated heterocycles. The van der Waals surface area contributed by atoms with Crippen LogP contribution in [0.4, 0.5) is 0 Å². The van der Waals surface area contributed by atoms with Gasteiger partial charge >= 0.3 is 0 Å². The van der Waals surface area contributed by atoms with Gasteiger partial charge in [0.2, 0.25) is 0 Å². The molecule has 0 aliphatic carbocycles. The summed E-state index contributed by atoms with van der Waals surface area (Å²) in [4.78, 5) is 6.20. The second kappa shape index (κ2) is 5.23. The summed E-state index contributed by atoms with van der Waals surface area (Å²) < 4.78 is 0. The summed E-state index contributed by atoms with van der Waals surface area (Å²) in [6, 6.07) is 0. The van der Waals surface area contributed by atoms with Gasteiger partial charge in [0.05, 0.1) is 5.84 Å². The van der Waals surface area contributed by atoms with Gasteiger partial charge in [-0.2, -0.15) is 0 Å². The van der Waals surface area contributed by atoms with E-state index in [1.807, 2.05) is 6.92 Å². The van der Waals surface area contributed by atoms with Crippen molar-refractivity contribution in [3.05, 3.63) is 0 Å². The van der Waals surface area contributed by atoms with Crippen molar-refractivity contribution >= 4 is 5.84 Å². The molecule has 0 aliphatic heterocycles. The smallest absolute Gasteiger partial charge is 0.0905 e. The summed E-state index contributed by atoms with van der Waals surface area (Å²) in [5.41, 5.74) is 5.35. The van der Waals surface area contributed by atoms with E-state index in [1.165, 1.54) is 0 Å². The molecule has 0 aromatic rings. The van der Waals surface area contributed by atoms with E-state index < -0.39 is 0 Å². The van der Waals surface area contributed by atoms with Gasteiger partial charge in [-0.3, -0.25) is 4.99 Å². The van der Waals surface area contributed by atoms with Crippen molar-refractivity contribution in [2.24, 2.45) is 10.7 Å². The summed E-state index contributed by atoms with van der Waals surface area (Å²) in [5.74, 6) is 0.679. The first-order valence-electron chi connectivity index (χ1n) is 3.54. The Bertz CT molecular complexity index is 103. The second-order valence-electron chi connectivity index (χ2n) is 2.68. The van der Waals surface area contributed by atoms with Crippen LogP contribution in [-0.2, 0) is 0 Å². The van der Waals surface area contributed by atoms with Crippen molar-refractivity contribution in [2.75, 3.05) is 27.2 Å². The maximum Gasteiger partial charge on any atom is 0.0905 e. The number of amidine groups is 1. The number of nitrogens with zero attached hydrogens (tertiary/aromatic N) is 2. The summed E-state index contributed by atoms with van der Waals surface area (Å²) in [5, 5.41) is 0. The first kappa shape index (κ1) is 9.43. The van der Waals surface area contributed by atoms with E-state index in [0.717, 1.165) is 19.5 Å². The third-order valence-corrected chi connectivity index (χ3v) is 1.12. The number of rotatable bonds is 4. The molecule has 2 N–H and O–H groups in total. The highest BCUT2D eigenvalue weighted by molar-refractivity contribution is 5.77. The van der Waals surface area contributed by atoms with E-state index in [4.69, 9.17) is 5.73 Å². The van der Waals surface area contributed by atoms with Crippen LogP contribution in [-0.4, -0.2) is 37.9 Å². The van der Waals surface area contributed by atoms with Crippen LogP contribution >= 0.6 is 0 Å². The summed E-state index contributed by atoms with van der Waals surface area (Å²) in [7, 11) is 4.11. The third kappa shape index (κ3) is 7.43. The van der Waals surface area contributed by atoms with E-state index in [9.17, 15) is 0 Å². The topological polar surface area (TPSA) is 41.6 Å². The molecule has 0 aromatic heterocycles. The molecule has 0 radical (unpaired) electrons. The van der Waals surface area contributed by atoms with Gasteiger partial charge in [0, 0.05) is 6.54 Å². The Morgan fingerprint density at radius 1 is 1.50 bits per heavy atom. The molecule has 0 saturated carbocycles. The van der Waals surface area contributed by atoms with E-state index >= 15 is 0 Å². The molecule has 0 amide bonds. The van der Waals surface area contributed by atoms with Crippen molar-refractivity contribution < 1.29 is 0 Å². The van der Waals surface area contributed by atoms with E-state index in [0.29, 0.717) is 5.84 Å². The average Bonchev–Trinajstić information content (AvgIpc) is 1.79. The van der Waals surface area contributed by atoms with Crippen molar-refractivity contribution in [1.29, 1.82) is 0 Å². The average molecular weight is 143 g/mol. The van der Waals surface area contributed by atoms with Gasteiger partial charge in [-0.1, -0.05) is 0 Å². The SMILES string of the molecule is CC(N)=NCCCN(C)C. The minimum Gasteiger partial charge on any atom is -0.388 e. The molecule has 0 rings (SSSR count). The first-order valence-corrected chi connectivity index (χ1v) is 3.54. The van der Waals surface area contributed by atoms with Gasteiger partial charge in [0.1, 0.15) is 0 Å². The molecule has 60 valence electrons. The summed E-state index contributed by atoms with van der Waals surface area (Å²) >= 11 is 0. The molecule has 0 bridgehead atoms. The molecule has 3 nitrogen and oxygen atoms in total. The molecule has 0 aromatic carbocycles. The van der Waals surface area contributed by atoms with Crippen molar-refractivity contribution in [1.82, 2.24) is 4.90 Å². The number of hydrogen-bond acceptors (Lipinski definition) is 2. The Morgan fingerprint density at radius 2 is 2.10 bits per heavy atom. The molecule has 0 heterocycles. The summed E-state index contributed by atoms with van der Waals surface area (Å²) in [6.07, 6.45) is 1.08. The molecule has 0 aliphatic rings. The lowest BCUT2D eigenvalue weighted by Gasteiger charge is -2.06. The van der Waals surface area contributed by atoms with E-state index in [-0.39, 0.29) is 0 Å². The fraction of sp³-hybridized carbons (Fsp3) is 0.857. The van der Waals surface area contributed by atoms with Gasteiger partial charge in [-0.05, 0) is 34.0 Å². The van der Waals surface area contributed by atoms with Gasteiger partial charge in [0.25, 0.3) is 0 Å². The zero-order valence-electron chi connectivity index (χ0n) is 7.09. The third-order valence-electron chi connectivity index (χ3n) is 1.12. The van der Waals surface area contributed by atoms with E-state index in [1.54, 1.807) is 0 Å². The fourth-order valence-electron chi connectivity index (χ4n) is 0.642. The zero-order valence-corrected chi connectivity index (χ0v) is 7.09. The first-order chi connectivity index (χ1) is 4.63. The van der Waals surface area contributed by atoms with Crippen LogP contribution in [0.25, 0.3) is 0 Å². The Hall–Kier alpha value is -0.570. The lowest BCUT2D eigenvalue weighted by Crippen LogP contribution is -2.14. The highest BCUT2D eigenvalue weighted by Gasteiger charge is 1.87. The monoisotopic (exact) mass is 143 g/mol. The summed E-state index contributed by atoms with van der Waals surface area (Å²) in [6.45, 7) is 3.74. The van der Waals surface area contributed by atoms with Gasteiger partial charge < -0.3 is 10.6 Å². The maximum atomic E-state index is 5.35. The Labute approximate surface area is 62.9 Å². The van der Waals surface area contributed by atoms with E-state index in [2.05, 4.69) is 24.0 Å². The molecule has 0 fully saturated rings. The van der Waals surface area contributed by atoms with Crippen LogP contribution in [0.5, 0.6) is 0 Å². The van der Waals surface area contributed by atoms with Crippen LogP contribution in [0.15, 0.2) is 4.99 Å². The van der Waals surface area contributed by atoms with Crippen LogP contribution in [0.1, 0.15) is 13.3 Å². The predicted molar refractivity (Wildman–Crippen MR) is 45.3 cm³/mol. The van der Waals surface area contributed by atoms with Gasteiger partial charge in [-0.25, -0.2) is 0 Å². The lowest BCUT2D eigenvalue weighted by atomic mass is 10.4. The van der Waals surface area contributed by atoms with Crippen molar-refractivity contribution in [2.45, 2.75) is 13.3 Å². The van der Waals surface area contributed by atoms with Crippen LogP contribution in [0.3, 0.4) is 0 Å². The number of hydrogen-bond donors (Lipinski definition) is 1. The lowest BCUT2D eigenvalue weighted by molar-refractivity contribution is 0.403. The number of nitrogens with two attached hydrogens (primary N) is 1. The minimum absolute atomic E-state index is 0.679. The Morgan fingerprint density at radius 3 is 2.50 bits per heavy atom. The van der Waals surface area contributed by atoms with Crippen molar-refractivity contribution in [3.63, 3.8) is 0 Å². The van der Waals surface area contributed by atoms with Crippen LogP contribution in [0.2, 0.25) is 0 Å². The largest absolute Gasteiger partial charge is 0.388 e. The number of aliphatic imine (C=N–C) groups is 1. The normalized spacial score (nSPS) is 12.6. The van der Waals surface area contributed by atoms with Gasteiger partial charge in [-0.15, -0.1) is 0 Å². The quantitative estimate of drug-likeness (QED) is 0.350. The maximum absolute atomic E-state index is 5.35. The standard InChI is InChI=1S/C7H17N3/c1-7(8)9-5-4-6-10(2)3/h4-6H2,1-3H3,(H2,8,9). The molecular formula is C7H17N3. The molecular weight excluding hydrogens is 126 g/mol. The minimum atomic E-state index is 0.679. The Balaban J connectivity index is 3.13. The second-order valence-corrected chi connectivity index (χ2v) is 2.68. The molecule has 0 unspecified atom stereocenters. The van der Waals surface area contributed by atoms with Crippen LogP contribution < -0.4 is 5.73 Å². The highest BCUT2D eigenvalue weighted by atomic mass is 15.0. The highest BCUT2D eigenvalue weighted by Crippen LogP contribution is 1.83. The van der Waals surface area contributed by atoms with Crippen molar-refractivity contribution in [3.8, 4) is 0 Å². The molecule has 0 atom stereocenters. The predicted octanol–water partition coefficient (Wildman–Crippen LogP) is 0.315. The zero-order chi connectivity index (χ0) is 7.98. The molecule has 10 heavy (non-hydrogen) atoms. The van der Waals surface area contributed by atoms with Gasteiger partial charge in [0.15, 0.2) is 0 Å². The Kier molecular flexibility index (Phi) is 4.94. The van der Waals surface area contributed by atoms with Crippen LogP contribution in [0, 0.1) is 0 Å². The molecule has 0 spiro atoms.